The minimum Gasteiger partial charge on any atom is -0.493 e. The molecule has 0 aliphatic carbocycles. The van der Waals surface area contributed by atoms with E-state index >= 15 is 0 Å². The number of hydrogen-bond donors (Lipinski definition) is 2. The molecule has 0 radical (unpaired) electrons. The number of thiazole rings is 1. The van der Waals surface area contributed by atoms with Crippen LogP contribution in [0.3, 0.4) is 0 Å². The van der Waals surface area contributed by atoms with Gasteiger partial charge in [0.05, 0.1) is 25.8 Å². The third-order valence-electron chi connectivity index (χ3n) is 5.55. The zero-order valence-electron chi connectivity index (χ0n) is 20.6. The standard InChI is InChI=1S/C26H28N4O4S/c1-14-10-22(34-21-7-8-27-20-12-24(33-6)23(32-5)11-18(20)21)15(2)9-19(14)30-26(31)29-17(4)25-28-16(3)13-35-25/h7-13,17H,1-6H3,(H2,29,30,31). The highest BCUT2D eigenvalue weighted by atomic mass is 32.1. The number of ether oxygens (including phenoxy) is 3. The van der Waals surface area contributed by atoms with Crippen LogP contribution in [0.15, 0.2) is 41.9 Å². The number of rotatable bonds is 7. The van der Waals surface area contributed by atoms with Crippen LogP contribution < -0.4 is 24.8 Å². The van der Waals surface area contributed by atoms with E-state index in [1.807, 2.05) is 63.4 Å². The molecule has 9 heteroatoms. The molecule has 4 aromatic rings. The van der Waals surface area contributed by atoms with Gasteiger partial charge in [-0.15, -0.1) is 11.3 Å². The first-order valence-corrected chi connectivity index (χ1v) is 12.0. The fraction of sp³-hybridized carbons (Fsp3) is 0.269. The minimum absolute atomic E-state index is 0.187. The van der Waals surface area contributed by atoms with Crippen LogP contribution in [0.5, 0.6) is 23.0 Å². The molecule has 2 aromatic heterocycles. The first kappa shape index (κ1) is 24.3. The van der Waals surface area contributed by atoms with Gasteiger partial charge in [0.15, 0.2) is 11.5 Å². The highest BCUT2D eigenvalue weighted by Gasteiger charge is 2.16. The Morgan fingerprint density at radius 2 is 1.71 bits per heavy atom. The summed E-state index contributed by atoms with van der Waals surface area (Å²) >= 11 is 1.53. The molecular formula is C26H28N4O4S. The van der Waals surface area contributed by atoms with Crippen molar-refractivity contribution in [3.63, 3.8) is 0 Å². The van der Waals surface area contributed by atoms with E-state index in [4.69, 9.17) is 14.2 Å². The number of aromatic nitrogens is 2. The number of anilines is 1. The maximum absolute atomic E-state index is 12.6. The normalized spacial score (nSPS) is 11.7. The molecule has 0 fully saturated rings. The van der Waals surface area contributed by atoms with Crippen LogP contribution in [0.25, 0.3) is 10.9 Å². The Bertz CT molecular complexity index is 1390. The van der Waals surface area contributed by atoms with Crippen molar-refractivity contribution < 1.29 is 19.0 Å². The van der Waals surface area contributed by atoms with Crippen molar-refractivity contribution in [3.8, 4) is 23.0 Å². The van der Waals surface area contributed by atoms with Crippen molar-refractivity contribution in [3.05, 3.63) is 63.7 Å². The van der Waals surface area contributed by atoms with E-state index in [0.717, 1.165) is 32.7 Å². The maximum Gasteiger partial charge on any atom is 0.319 e. The van der Waals surface area contributed by atoms with Crippen molar-refractivity contribution in [2.45, 2.75) is 33.7 Å². The molecule has 0 spiro atoms. The monoisotopic (exact) mass is 492 g/mol. The van der Waals surface area contributed by atoms with Crippen molar-refractivity contribution in [2.75, 3.05) is 19.5 Å². The van der Waals surface area contributed by atoms with Gasteiger partial charge < -0.3 is 24.8 Å². The fourth-order valence-corrected chi connectivity index (χ4v) is 4.48. The molecule has 182 valence electrons. The lowest BCUT2D eigenvalue weighted by atomic mass is 10.1. The van der Waals surface area contributed by atoms with E-state index in [0.29, 0.717) is 28.7 Å². The van der Waals surface area contributed by atoms with E-state index in [-0.39, 0.29) is 12.1 Å². The number of nitrogens with zero attached hydrogens (tertiary/aromatic N) is 2. The van der Waals surface area contributed by atoms with Crippen LogP contribution in [-0.2, 0) is 0 Å². The molecule has 2 N–H and O–H groups in total. The fourth-order valence-electron chi connectivity index (χ4n) is 3.68. The molecular weight excluding hydrogens is 464 g/mol. The van der Waals surface area contributed by atoms with Gasteiger partial charge >= 0.3 is 6.03 Å². The van der Waals surface area contributed by atoms with Gasteiger partial charge in [-0.1, -0.05) is 0 Å². The summed E-state index contributed by atoms with van der Waals surface area (Å²) in [5.74, 6) is 2.52. The van der Waals surface area contributed by atoms with E-state index < -0.39 is 0 Å². The Kier molecular flexibility index (Phi) is 7.07. The number of carbonyl (C=O) groups excluding carboxylic acids is 1. The largest absolute Gasteiger partial charge is 0.493 e. The number of nitrogens with one attached hydrogen (secondary N) is 2. The molecule has 0 saturated carbocycles. The summed E-state index contributed by atoms with van der Waals surface area (Å²) in [5.41, 5.74) is 4.13. The molecule has 1 unspecified atom stereocenters. The zero-order valence-corrected chi connectivity index (χ0v) is 21.4. The number of carbonyl (C=O) groups is 1. The molecule has 0 saturated heterocycles. The lowest BCUT2D eigenvalue weighted by molar-refractivity contribution is 0.249. The van der Waals surface area contributed by atoms with Gasteiger partial charge in [-0.3, -0.25) is 4.98 Å². The van der Waals surface area contributed by atoms with Crippen LogP contribution in [0.2, 0.25) is 0 Å². The van der Waals surface area contributed by atoms with Crippen molar-refractivity contribution >= 4 is 34.0 Å². The molecule has 0 bridgehead atoms. The minimum atomic E-state index is -0.289. The Morgan fingerprint density at radius 3 is 2.40 bits per heavy atom. The lowest BCUT2D eigenvalue weighted by Crippen LogP contribution is -2.31. The summed E-state index contributed by atoms with van der Waals surface area (Å²) in [4.78, 5) is 21.5. The van der Waals surface area contributed by atoms with Gasteiger partial charge in [-0.2, -0.15) is 0 Å². The van der Waals surface area contributed by atoms with E-state index in [9.17, 15) is 4.79 Å². The third kappa shape index (κ3) is 5.30. The van der Waals surface area contributed by atoms with Gasteiger partial charge in [0.1, 0.15) is 16.5 Å². The Morgan fingerprint density at radius 1 is 0.971 bits per heavy atom. The second-order valence-corrected chi connectivity index (χ2v) is 9.11. The smallest absolute Gasteiger partial charge is 0.319 e. The summed E-state index contributed by atoms with van der Waals surface area (Å²) in [6, 6.07) is 8.81. The maximum atomic E-state index is 12.6. The second kappa shape index (κ2) is 10.2. The number of fused-ring (bicyclic) bond motifs is 1. The van der Waals surface area contributed by atoms with Crippen LogP contribution in [0.1, 0.15) is 34.8 Å². The predicted octanol–water partition coefficient (Wildman–Crippen LogP) is 6.31. The van der Waals surface area contributed by atoms with Crippen LogP contribution in [0, 0.1) is 20.8 Å². The first-order chi connectivity index (χ1) is 16.8. The Hall–Kier alpha value is -3.85. The predicted molar refractivity (Wildman–Crippen MR) is 138 cm³/mol. The first-order valence-electron chi connectivity index (χ1n) is 11.1. The molecule has 35 heavy (non-hydrogen) atoms. The topological polar surface area (TPSA) is 94.6 Å². The number of benzene rings is 2. The Labute approximate surface area is 208 Å². The molecule has 8 nitrogen and oxygen atoms in total. The number of pyridine rings is 1. The summed E-state index contributed by atoms with van der Waals surface area (Å²) in [6.07, 6.45) is 1.69. The van der Waals surface area contributed by atoms with Gasteiger partial charge in [-0.25, -0.2) is 9.78 Å². The molecule has 2 amide bonds. The third-order valence-corrected chi connectivity index (χ3v) is 6.70. The van der Waals surface area contributed by atoms with Crippen LogP contribution in [0.4, 0.5) is 10.5 Å². The number of aryl methyl sites for hydroxylation is 3. The van der Waals surface area contributed by atoms with Crippen molar-refractivity contribution in [1.82, 2.24) is 15.3 Å². The van der Waals surface area contributed by atoms with Gasteiger partial charge in [0.2, 0.25) is 0 Å². The number of amides is 2. The average Bonchev–Trinajstić information content (AvgIpc) is 3.28. The number of urea groups is 1. The van der Waals surface area contributed by atoms with E-state index in [1.165, 1.54) is 11.3 Å². The second-order valence-electron chi connectivity index (χ2n) is 8.22. The zero-order chi connectivity index (χ0) is 25.1. The molecule has 0 aliphatic rings. The number of methoxy groups -OCH3 is 2. The highest BCUT2D eigenvalue weighted by molar-refractivity contribution is 7.09. The summed E-state index contributed by atoms with van der Waals surface area (Å²) in [5, 5.41) is 9.51. The number of hydrogen-bond acceptors (Lipinski definition) is 7. The summed E-state index contributed by atoms with van der Waals surface area (Å²) in [7, 11) is 3.18. The van der Waals surface area contributed by atoms with Crippen molar-refractivity contribution in [2.24, 2.45) is 0 Å². The van der Waals surface area contributed by atoms with E-state index in [2.05, 4.69) is 20.6 Å². The molecule has 4 rings (SSSR count). The van der Waals surface area contributed by atoms with E-state index in [1.54, 1.807) is 20.4 Å². The average molecular weight is 493 g/mol. The molecule has 1 atom stereocenters. The van der Waals surface area contributed by atoms with Crippen molar-refractivity contribution in [1.29, 1.82) is 0 Å². The Balaban J connectivity index is 1.54. The highest BCUT2D eigenvalue weighted by Crippen LogP contribution is 2.38. The molecule has 2 heterocycles. The van der Waals surface area contributed by atoms with Gasteiger partial charge in [-0.05, 0) is 63.1 Å². The van der Waals surface area contributed by atoms with Gasteiger partial charge in [0, 0.05) is 34.4 Å². The SMILES string of the molecule is COc1cc2nccc(Oc3cc(C)c(NC(=O)NC(C)c4nc(C)cs4)cc3C)c2cc1OC. The van der Waals surface area contributed by atoms with Crippen LogP contribution >= 0.6 is 11.3 Å². The summed E-state index contributed by atoms with van der Waals surface area (Å²) < 4.78 is 17.1. The summed E-state index contributed by atoms with van der Waals surface area (Å²) in [6.45, 7) is 7.71. The van der Waals surface area contributed by atoms with Gasteiger partial charge in [0.25, 0.3) is 0 Å². The lowest BCUT2D eigenvalue weighted by Gasteiger charge is -2.17. The van der Waals surface area contributed by atoms with Crippen LogP contribution in [-0.4, -0.2) is 30.2 Å². The molecule has 0 aliphatic heterocycles. The molecule has 2 aromatic carbocycles. The quantitative estimate of drug-likeness (QED) is 0.314.